The van der Waals surface area contributed by atoms with Crippen LogP contribution in [0.2, 0.25) is 0 Å². The summed E-state index contributed by atoms with van der Waals surface area (Å²) in [6, 6.07) is 5.95. The van der Waals surface area contributed by atoms with Crippen molar-refractivity contribution in [1.82, 2.24) is 9.55 Å². The number of aryl methyl sites for hydroxylation is 1. The maximum absolute atomic E-state index is 12.3. The number of hydrogen-bond donors (Lipinski definition) is 1. The smallest absolute Gasteiger partial charge is 0.376 e. The molecule has 2 heterocycles. The number of hydrogen-bond acceptors (Lipinski definition) is 6. The molecule has 1 aromatic carbocycles. The molecule has 28 heavy (non-hydrogen) atoms. The van der Waals surface area contributed by atoms with Crippen LogP contribution in [0.25, 0.3) is 11.0 Å². The summed E-state index contributed by atoms with van der Waals surface area (Å²) < 4.78 is 36.6. The number of ether oxygens (including phenoxy) is 2. The number of imidazole rings is 1. The van der Waals surface area contributed by atoms with E-state index in [4.69, 9.17) is 18.5 Å². The van der Waals surface area contributed by atoms with Crippen LogP contribution in [0.5, 0.6) is 0 Å². The van der Waals surface area contributed by atoms with Gasteiger partial charge in [-0.05, 0) is 46.2 Å². The molecule has 1 fully saturated rings. The molecule has 1 N–H and O–H groups in total. The van der Waals surface area contributed by atoms with Crippen molar-refractivity contribution < 1.29 is 28.0 Å². The second-order valence-electron chi connectivity index (χ2n) is 7.61. The van der Waals surface area contributed by atoms with Gasteiger partial charge < -0.3 is 18.9 Å². The van der Waals surface area contributed by atoms with E-state index in [2.05, 4.69) is 4.98 Å². The van der Waals surface area contributed by atoms with Crippen molar-refractivity contribution in [2.75, 3.05) is 6.61 Å². The number of fused-ring (bicyclic) bond motifs is 1. The molecule has 4 atom stereocenters. The Balaban J connectivity index is 1.82. The number of para-hydroxylation sites is 1. The Hall–Kier alpha value is -1.28. The Labute approximate surface area is 165 Å². The molecular formula is C19H29N2O6P. The quantitative estimate of drug-likeness (QED) is 0.656. The van der Waals surface area contributed by atoms with Crippen LogP contribution >= 0.6 is 7.82 Å². The normalized spacial score (nSPS) is 25.1. The van der Waals surface area contributed by atoms with Gasteiger partial charge in [0.1, 0.15) is 18.4 Å². The molecule has 9 heteroatoms. The summed E-state index contributed by atoms with van der Waals surface area (Å²) in [5, 5.41) is 0. The van der Waals surface area contributed by atoms with Crippen molar-refractivity contribution in [3.63, 3.8) is 0 Å². The zero-order valence-corrected chi connectivity index (χ0v) is 17.8. The first-order valence-corrected chi connectivity index (χ1v) is 11.0. The summed E-state index contributed by atoms with van der Waals surface area (Å²) in [5.41, 5.74) is 2.92. The van der Waals surface area contributed by atoms with Crippen LogP contribution in [0.15, 0.2) is 24.5 Å². The Kier molecular flexibility index (Phi) is 6.59. The summed E-state index contributed by atoms with van der Waals surface area (Å²) in [6.45, 7) is 9.47. The maximum atomic E-state index is 12.3. The van der Waals surface area contributed by atoms with Gasteiger partial charge in [-0.15, -0.1) is 0 Å². The topological polar surface area (TPSA) is 92.0 Å². The van der Waals surface area contributed by atoms with E-state index >= 15 is 0 Å². The van der Waals surface area contributed by atoms with Gasteiger partial charge in [0.15, 0.2) is 0 Å². The van der Waals surface area contributed by atoms with E-state index in [1.165, 1.54) is 0 Å². The van der Waals surface area contributed by atoms with E-state index in [0.717, 1.165) is 16.6 Å². The summed E-state index contributed by atoms with van der Waals surface area (Å²) in [4.78, 5) is 14.5. The standard InChI is InChI=1S/C19H29N2O6P/c1-12(2)24-10-17-16(27-28(22,23)26-13(3)4)9-18(25-17)21-11-20-19-14(5)7-6-8-15(19)21/h6-8,11-13,16-18H,9-10H2,1-5H3,(H,22,23)/t16-,17+,18+/m0/s1. The average Bonchev–Trinajstić information content (AvgIpc) is 3.16. The zero-order chi connectivity index (χ0) is 20.5. The molecule has 1 aromatic heterocycles. The van der Waals surface area contributed by atoms with E-state index in [1.54, 1.807) is 20.2 Å². The molecule has 3 rings (SSSR count). The van der Waals surface area contributed by atoms with Crippen molar-refractivity contribution >= 4 is 18.9 Å². The monoisotopic (exact) mass is 412 g/mol. The van der Waals surface area contributed by atoms with Crippen LogP contribution in [-0.2, 0) is 23.1 Å². The van der Waals surface area contributed by atoms with E-state index < -0.39 is 26.1 Å². The third-order valence-corrected chi connectivity index (χ3v) is 5.73. The molecular weight excluding hydrogens is 383 g/mol. The predicted molar refractivity (Wildman–Crippen MR) is 105 cm³/mol. The first kappa shape index (κ1) is 21.4. The lowest BCUT2D eigenvalue weighted by Gasteiger charge is -2.22. The van der Waals surface area contributed by atoms with Crippen LogP contribution in [0.3, 0.4) is 0 Å². The summed E-state index contributed by atoms with van der Waals surface area (Å²) in [5.74, 6) is 0. The van der Waals surface area contributed by atoms with Gasteiger partial charge in [0.05, 0.1) is 36.2 Å². The second-order valence-corrected chi connectivity index (χ2v) is 8.97. The first-order valence-electron chi connectivity index (χ1n) is 9.55. The highest BCUT2D eigenvalue weighted by Gasteiger charge is 2.42. The van der Waals surface area contributed by atoms with Gasteiger partial charge in [0.25, 0.3) is 0 Å². The SMILES string of the molecule is Cc1cccc2c1ncn2[C@H]1C[C@H](OP(=O)(O)OC(C)C)[C@@H](COC(C)C)O1. The Morgan fingerprint density at radius 2 is 2.07 bits per heavy atom. The fraction of sp³-hybridized carbons (Fsp3) is 0.632. The third kappa shape index (κ3) is 5.00. The van der Waals surface area contributed by atoms with Crippen LogP contribution in [0, 0.1) is 6.92 Å². The predicted octanol–water partition coefficient (Wildman–Crippen LogP) is 3.97. The number of aromatic nitrogens is 2. The molecule has 0 spiro atoms. The molecule has 0 radical (unpaired) electrons. The lowest BCUT2D eigenvalue weighted by atomic mass is 10.2. The van der Waals surface area contributed by atoms with E-state index in [9.17, 15) is 9.46 Å². The number of rotatable bonds is 8. The highest BCUT2D eigenvalue weighted by atomic mass is 31.2. The largest absolute Gasteiger partial charge is 0.472 e. The van der Waals surface area contributed by atoms with E-state index in [0.29, 0.717) is 6.42 Å². The minimum atomic E-state index is -4.20. The first-order chi connectivity index (χ1) is 13.2. The van der Waals surface area contributed by atoms with Crippen LogP contribution < -0.4 is 0 Å². The van der Waals surface area contributed by atoms with Crippen LogP contribution in [0.4, 0.5) is 0 Å². The van der Waals surface area contributed by atoms with E-state index in [-0.39, 0.29) is 18.9 Å². The average molecular weight is 412 g/mol. The van der Waals surface area contributed by atoms with Gasteiger partial charge >= 0.3 is 7.82 Å². The highest BCUT2D eigenvalue weighted by molar-refractivity contribution is 7.47. The molecule has 0 saturated carbocycles. The Morgan fingerprint density at radius 1 is 1.32 bits per heavy atom. The summed E-state index contributed by atoms with van der Waals surface area (Å²) in [7, 11) is -4.20. The fourth-order valence-electron chi connectivity index (χ4n) is 3.31. The van der Waals surface area contributed by atoms with Gasteiger partial charge in [-0.3, -0.25) is 9.05 Å². The zero-order valence-electron chi connectivity index (χ0n) is 16.9. The number of nitrogens with zero attached hydrogens (tertiary/aromatic N) is 2. The summed E-state index contributed by atoms with van der Waals surface area (Å²) >= 11 is 0. The lowest BCUT2D eigenvalue weighted by molar-refractivity contribution is -0.0731. The maximum Gasteiger partial charge on any atom is 0.472 e. The third-order valence-electron chi connectivity index (χ3n) is 4.50. The van der Waals surface area contributed by atoms with Crippen molar-refractivity contribution in [3.8, 4) is 0 Å². The Morgan fingerprint density at radius 3 is 2.75 bits per heavy atom. The molecule has 1 unspecified atom stereocenters. The van der Waals surface area contributed by atoms with E-state index in [1.807, 2.05) is 43.5 Å². The number of benzene rings is 1. The van der Waals surface area contributed by atoms with Crippen LogP contribution in [0.1, 0.15) is 45.9 Å². The highest BCUT2D eigenvalue weighted by Crippen LogP contribution is 2.49. The van der Waals surface area contributed by atoms with Gasteiger partial charge in [-0.25, -0.2) is 9.55 Å². The minimum Gasteiger partial charge on any atom is -0.376 e. The molecule has 0 amide bonds. The van der Waals surface area contributed by atoms with Crippen LogP contribution in [-0.4, -0.2) is 45.5 Å². The molecule has 0 bridgehead atoms. The molecule has 8 nitrogen and oxygen atoms in total. The molecule has 1 aliphatic heterocycles. The second kappa shape index (κ2) is 8.61. The van der Waals surface area contributed by atoms with Crippen molar-refractivity contribution in [1.29, 1.82) is 0 Å². The van der Waals surface area contributed by atoms with Gasteiger partial charge in [-0.1, -0.05) is 12.1 Å². The van der Waals surface area contributed by atoms with Crippen molar-refractivity contribution in [2.24, 2.45) is 0 Å². The summed E-state index contributed by atoms with van der Waals surface area (Å²) in [6.07, 6.45) is 0.182. The number of phosphoric acid groups is 1. The number of phosphoric ester groups is 1. The van der Waals surface area contributed by atoms with Gasteiger partial charge in [0.2, 0.25) is 0 Å². The fourth-order valence-corrected chi connectivity index (χ4v) is 4.46. The Bertz CT molecular complexity index is 852. The molecule has 156 valence electrons. The van der Waals surface area contributed by atoms with Gasteiger partial charge in [-0.2, -0.15) is 0 Å². The molecule has 2 aromatic rings. The van der Waals surface area contributed by atoms with Crippen molar-refractivity contribution in [2.45, 2.75) is 71.7 Å². The molecule has 0 aliphatic carbocycles. The lowest BCUT2D eigenvalue weighted by Crippen LogP contribution is -2.30. The minimum absolute atomic E-state index is 0.00729. The van der Waals surface area contributed by atoms with Gasteiger partial charge in [0, 0.05) is 6.42 Å². The molecule has 1 saturated heterocycles. The van der Waals surface area contributed by atoms with Crippen molar-refractivity contribution in [3.05, 3.63) is 30.1 Å². The molecule has 1 aliphatic rings.